The molecular formula is C21H17NO5. The molecule has 0 saturated heterocycles. The third-order valence-corrected chi connectivity index (χ3v) is 4.24. The molecule has 4 rings (SSSR count). The van der Waals surface area contributed by atoms with Gasteiger partial charge in [-0.2, -0.15) is 0 Å². The van der Waals surface area contributed by atoms with Crippen molar-refractivity contribution in [3.05, 3.63) is 66.2 Å². The molecule has 136 valence electrons. The smallest absolute Gasteiger partial charge is 0.310 e. The summed E-state index contributed by atoms with van der Waals surface area (Å²) in [6.07, 6.45) is 0.110. The maximum atomic E-state index is 12.1. The maximum Gasteiger partial charge on any atom is 0.310 e. The zero-order valence-corrected chi connectivity index (χ0v) is 14.4. The van der Waals surface area contributed by atoms with Crippen molar-refractivity contribution in [3.63, 3.8) is 0 Å². The molecule has 6 nitrogen and oxygen atoms in total. The maximum absolute atomic E-state index is 12.1. The zero-order valence-electron chi connectivity index (χ0n) is 14.4. The van der Waals surface area contributed by atoms with Gasteiger partial charge in [0.25, 0.3) is 5.91 Å². The van der Waals surface area contributed by atoms with Gasteiger partial charge in [0.2, 0.25) is 6.79 Å². The van der Waals surface area contributed by atoms with Crippen LogP contribution in [0.4, 0.5) is 5.69 Å². The van der Waals surface area contributed by atoms with E-state index in [2.05, 4.69) is 5.32 Å². The summed E-state index contributed by atoms with van der Waals surface area (Å²) in [5, 5.41) is 4.73. The third-order valence-electron chi connectivity index (χ3n) is 4.24. The highest BCUT2D eigenvalue weighted by Gasteiger charge is 2.15. The van der Waals surface area contributed by atoms with Gasteiger partial charge in [-0.15, -0.1) is 0 Å². The van der Waals surface area contributed by atoms with Gasteiger partial charge >= 0.3 is 5.97 Å². The van der Waals surface area contributed by atoms with Crippen LogP contribution in [0.2, 0.25) is 0 Å². The Morgan fingerprint density at radius 2 is 1.78 bits per heavy atom. The summed E-state index contributed by atoms with van der Waals surface area (Å²) in [4.78, 5) is 24.1. The number of carbonyl (C=O) groups is 2. The molecule has 0 saturated carbocycles. The van der Waals surface area contributed by atoms with Gasteiger partial charge in [0.05, 0.1) is 6.42 Å². The van der Waals surface area contributed by atoms with Crippen LogP contribution in [-0.2, 0) is 20.7 Å². The fourth-order valence-electron chi connectivity index (χ4n) is 2.97. The van der Waals surface area contributed by atoms with Gasteiger partial charge in [0.15, 0.2) is 18.1 Å². The fraction of sp³-hybridized carbons (Fsp3) is 0.143. The Balaban J connectivity index is 1.33. The first kappa shape index (κ1) is 16.9. The number of fused-ring (bicyclic) bond motifs is 2. The quantitative estimate of drug-likeness (QED) is 0.704. The van der Waals surface area contributed by atoms with E-state index in [1.54, 1.807) is 18.2 Å². The van der Waals surface area contributed by atoms with E-state index in [-0.39, 0.29) is 19.8 Å². The largest absolute Gasteiger partial charge is 0.455 e. The minimum atomic E-state index is -0.452. The summed E-state index contributed by atoms with van der Waals surface area (Å²) >= 11 is 0. The zero-order chi connectivity index (χ0) is 18.6. The number of benzene rings is 3. The molecular weight excluding hydrogens is 346 g/mol. The topological polar surface area (TPSA) is 73.9 Å². The van der Waals surface area contributed by atoms with Crippen molar-refractivity contribution in [1.82, 2.24) is 0 Å². The average Bonchev–Trinajstić information content (AvgIpc) is 3.14. The molecule has 1 amide bonds. The number of carbonyl (C=O) groups excluding carboxylic acids is 2. The van der Waals surface area contributed by atoms with Gasteiger partial charge in [-0.25, -0.2) is 0 Å². The van der Waals surface area contributed by atoms with Crippen molar-refractivity contribution >= 4 is 28.3 Å². The molecule has 0 unspecified atom stereocenters. The number of esters is 1. The summed E-state index contributed by atoms with van der Waals surface area (Å²) < 4.78 is 15.6. The lowest BCUT2D eigenvalue weighted by molar-refractivity contribution is -0.146. The number of nitrogens with one attached hydrogen (secondary N) is 1. The van der Waals surface area contributed by atoms with Crippen LogP contribution in [-0.4, -0.2) is 25.3 Å². The normalized spacial score (nSPS) is 12.0. The molecule has 6 heteroatoms. The van der Waals surface area contributed by atoms with Gasteiger partial charge in [-0.1, -0.05) is 42.5 Å². The number of amides is 1. The first-order valence-electron chi connectivity index (χ1n) is 8.51. The second kappa shape index (κ2) is 7.37. The van der Waals surface area contributed by atoms with E-state index in [0.29, 0.717) is 17.2 Å². The first-order chi connectivity index (χ1) is 13.2. The molecule has 3 aromatic carbocycles. The van der Waals surface area contributed by atoms with Crippen LogP contribution in [0, 0.1) is 0 Å². The summed E-state index contributed by atoms with van der Waals surface area (Å²) in [7, 11) is 0. The molecule has 1 aliphatic heterocycles. The molecule has 0 spiro atoms. The van der Waals surface area contributed by atoms with Crippen LogP contribution in [0.15, 0.2) is 60.7 Å². The Bertz CT molecular complexity index is 1010. The van der Waals surface area contributed by atoms with Crippen LogP contribution in [0.25, 0.3) is 10.8 Å². The Morgan fingerprint density at radius 3 is 2.70 bits per heavy atom. The lowest BCUT2D eigenvalue weighted by Gasteiger charge is -2.09. The summed E-state index contributed by atoms with van der Waals surface area (Å²) in [6, 6.07) is 18.7. The number of ether oxygens (including phenoxy) is 3. The molecule has 0 aliphatic carbocycles. The minimum absolute atomic E-state index is 0.110. The van der Waals surface area contributed by atoms with Crippen molar-refractivity contribution in [2.24, 2.45) is 0 Å². The number of hydrogen-bond acceptors (Lipinski definition) is 5. The van der Waals surface area contributed by atoms with Gasteiger partial charge < -0.3 is 19.5 Å². The Hall–Kier alpha value is -3.54. The molecule has 1 heterocycles. The highest BCUT2D eigenvalue weighted by Crippen LogP contribution is 2.34. The van der Waals surface area contributed by atoms with Gasteiger partial charge in [-0.3, -0.25) is 9.59 Å². The predicted octanol–water partition coefficient (Wildman–Crippen LogP) is 3.29. The minimum Gasteiger partial charge on any atom is -0.455 e. The molecule has 0 fully saturated rings. The average molecular weight is 363 g/mol. The summed E-state index contributed by atoms with van der Waals surface area (Å²) in [5.74, 6) is 0.336. The molecule has 0 radical (unpaired) electrons. The van der Waals surface area contributed by atoms with Crippen molar-refractivity contribution in [1.29, 1.82) is 0 Å². The van der Waals surface area contributed by atoms with Crippen LogP contribution < -0.4 is 14.8 Å². The van der Waals surface area contributed by atoms with E-state index in [9.17, 15) is 9.59 Å². The van der Waals surface area contributed by atoms with E-state index in [1.807, 2.05) is 42.5 Å². The fourth-order valence-corrected chi connectivity index (χ4v) is 2.97. The van der Waals surface area contributed by atoms with E-state index < -0.39 is 11.9 Å². The highest BCUT2D eigenvalue weighted by molar-refractivity contribution is 5.94. The van der Waals surface area contributed by atoms with E-state index in [4.69, 9.17) is 14.2 Å². The number of anilines is 1. The molecule has 27 heavy (non-hydrogen) atoms. The molecule has 0 atom stereocenters. The monoisotopic (exact) mass is 363 g/mol. The van der Waals surface area contributed by atoms with Crippen LogP contribution in [0.1, 0.15) is 5.56 Å². The van der Waals surface area contributed by atoms with Crippen molar-refractivity contribution in [2.75, 3.05) is 18.7 Å². The number of rotatable bonds is 5. The van der Waals surface area contributed by atoms with Crippen molar-refractivity contribution in [2.45, 2.75) is 6.42 Å². The van der Waals surface area contributed by atoms with Gasteiger partial charge in [-0.05, 0) is 28.5 Å². The van der Waals surface area contributed by atoms with Crippen LogP contribution in [0.3, 0.4) is 0 Å². The highest BCUT2D eigenvalue weighted by atomic mass is 16.7. The van der Waals surface area contributed by atoms with Gasteiger partial charge in [0, 0.05) is 11.8 Å². The summed E-state index contributed by atoms with van der Waals surface area (Å²) in [5.41, 5.74) is 1.42. The SMILES string of the molecule is O=C(COC(=O)Cc1cccc2ccccc12)Nc1ccc2c(c1)OCO2. The Kier molecular flexibility index (Phi) is 4.61. The van der Waals surface area contributed by atoms with Crippen molar-refractivity contribution in [3.8, 4) is 11.5 Å². The van der Waals surface area contributed by atoms with E-state index in [0.717, 1.165) is 16.3 Å². The Morgan fingerprint density at radius 1 is 0.963 bits per heavy atom. The second-order valence-electron chi connectivity index (χ2n) is 6.09. The lowest BCUT2D eigenvalue weighted by atomic mass is 10.0. The van der Waals surface area contributed by atoms with Crippen LogP contribution in [0.5, 0.6) is 11.5 Å². The van der Waals surface area contributed by atoms with Crippen LogP contribution >= 0.6 is 0 Å². The van der Waals surface area contributed by atoms with Gasteiger partial charge in [0.1, 0.15) is 0 Å². The Labute approximate surface area is 155 Å². The number of hydrogen-bond donors (Lipinski definition) is 1. The first-order valence-corrected chi connectivity index (χ1v) is 8.51. The van der Waals surface area contributed by atoms with Crippen molar-refractivity contribution < 1.29 is 23.8 Å². The lowest BCUT2D eigenvalue weighted by Crippen LogP contribution is -2.21. The van der Waals surface area contributed by atoms with E-state index in [1.165, 1.54) is 0 Å². The van der Waals surface area contributed by atoms with E-state index >= 15 is 0 Å². The third kappa shape index (κ3) is 3.84. The standard InChI is InChI=1S/C21H17NO5/c23-20(22-16-8-9-18-19(11-16)27-13-26-18)12-25-21(24)10-15-6-3-5-14-4-1-2-7-17(14)15/h1-9,11H,10,12-13H2,(H,22,23). The molecule has 1 aliphatic rings. The summed E-state index contributed by atoms with van der Waals surface area (Å²) in [6.45, 7) is -0.184. The molecule has 0 bridgehead atoms. The molecule has 0 aromatic heterocycles. The molecule has 1 N–H and O–H groups in total. The molecule has 3 aromatic rings. The second-order valence-corrected chi connectivity index (χ2v) is 6.09. The predicted molar refractivity (Wildman–Crippen MR) is 99.8 cm³/mol.